The van der Waals surface area contributed by atoms with Crippen LogP contribution < -0.4 is 10.6 Å². The van der Waals surface area contributed by atoms with Gasteiger partial charge >= 0.3 is 0 Å². The maximum Gasteiger partial charge on any atom is 0.225 e. The molecule has 0 unspecified atom stereocenters. The fourth-order valence-corrected chi connectivity index (χ4v) is 3.49. The summed E-state index contributed by atoms with van der Waals surface area (Å²) in [7, 11) is 0. The van der Waals surface area contributed by atoms with Gasteiger partial charge in [-0.3, -0.25) is 4.79 Å². The Kier molecular flexibility index (Phi) is 3.06. The number of hydrogen-bond donors (Lipinski definition) is 2. The average molecular weight is 261 g/mol. The molecule has 1 saturated carbocycles. The van der Waals surface area contributed by atoms with E-state index in [1.54, 1.807) is 11.3 Å². The smallest absolute Gasteiger partial charge is 0.225 e. The third kappa shape index (κ3) is 2.26. The van der Waals surface area contributed by atoms with E-state index in [4.69, 9.17) is 0 Å². The molecule has 94 valence electrons. The standard InChI is InChI=1S/C13H15N3OS/c14-6-10-9-3-4-15-7-11(9)18-13(10)16-12(17)5-8-1-2-8/h8,15H,1-5,7H2,(H,16,17). The largest absolute Gasteiger partial charge is 0.317 e. The minimum atomic E-state index is 0.0561. The highest BCUT2D eigenvalue weighted by Gasteiger charge is 2.26. The molecule has 0 radical (unpaired) electrons. The molecule has 1 aromatic heterocycles. The molecule has 2 N–H and O–H groups in total. The molecule has 0 bridgehead atoms. The zero-order valence-corrected chi connectivity index (χ0v) is 10.9. The molecule has 0 atom stereocenters. The van der Waals surface area contributed by atoms with Crippen LogP contribution in [0.15, 0.2) is 0 Å². The minimum absolute atomic E-state index is 0.0561. The number of nitrogens with zero attached hydrogens (tertiary/aromatic N) is 1. The lowest BCUT2D eigenvalue weighted by Gasteiger charge is -2.11. The predicted molar refractivity (Wildman–Crippen MR) is 70.4 cm³/mol. The van der Waals surface area contributed by atoms with Crippen molar-refractivity contribution in [3.63, 3.8) is 0 Å². The van der Waals surface area contributed by atoms with Crippen molar-refractivity contribution in [2.45, 2.75) is 32.2 Å². The fraction of sp³-hybridized carbons (Fsp3) is 0.538. The molecule has 1 fully saturated rings. The second-order valence-electron chi connectivity index (χ2n) is 4.94. The van der Waals surface area contributed by atoms with E-state index in [-0.39, 0.29) is 5.91 Å². The third-order valence-corrected chi connectivity index (χ3v) is 4.61. The van der Waals surface area contributed by atoms with Crippen LogP contribution in [0, 0.1) is 17.2 Å². The van der Waals surface area contributed by atoms with E-state index >= 15 is 0 Å². The van der Waals surface area contributed by atoms with E-state index in [0.29, 0.717) is 17.9 Å². The number of nitrogens with one attached hydrogen (secondary N) is 2. The lowest BCUT2D eigenvalue weighted by atomic mass is 10.1. The van der Waals surface area contributed by atoms with Crippen LogP contribution in [0.4, 0.5) is 5.00 Å². The maximum atomic E-state index is 11.8. The molecule has 0 spiro atoms. The van der Waals surface area contributed by atoms with Crippen molar-refractivity contribution in [2.24, 2.45) is 5.92 Å². The first-order chi connectivity index (χ1) is 8.78. The molecule has 1 aliphatic carbocycles. The molecule has 1 amide bonds. The van der Waals surface area contributed by atoms with Gasteiger partial charge in [-0.1, -0.05) is 0 Å². The monoisotopic (exact) mass is 261 g/mol. The van der Waals surface area contributed by atoms with Gasteiger partial charge in [0.15, 0.2) is 0 Å². The van der Waals surface area contributed by atoms with Crippen molar-refractivity contribution in [3.05, 3.63) is 16.0 Å². The summed E-state index contributed by atoms with van der Waals surface area (Å²) in [6, 6.07) is 2.25. The van der Waals surface area contributed by atoms with Gasteiger partial charge < -0.3 is 10.6 Å². The van der Waals surface area contributed by atoms with Gasteiger partial charge in [0.2, 0.25) is 5.91 Å². The number of carbonyl (C=O) groups is 1. The minimum Gasteiger partial charge on any atom is -0.317 e. The molecule has 4 nitrogen and oxygen atoms in total. The van der Waals surface area contributed by atoms with E-state index in [1.165, 1.54) is 17.7 Å². The fourth-order valence-electron chi connectivity index (χ4n) is 2.30. The van der Waals surface area contributed by atoms with Gasteiger partial charge in [-0.2, -0.15) is 5.26 Å². The van der Waals surface area contributed by atoms with E-state index in [0.717, 1.165) is 30.1 Å². The lowest BCUT2D eigenvalue weighted by molar-refractivity contribution is -0.116. The number of anilines is 1. The van der Waals surface area contributed by atoms with Crippen LogP contribution in [-0.4, -0.2) is 12.5 Å². The highest BCUT2D eigenvalue weighted by molar-refractivity contribution is 7.16. The van der Waals surface area contributed by atoms with E-state index in [2.05, 4.69) is 16.7 Å². The van der Waals surface area contributed by atoms with Crippen molar-refractivity contribution in [3.8, 4) is 6.07 Å². The predicted octanol–water partition coefficient (Wildman–Crippen LogP) is 2.00. The summed E-state index contributed by atoms with van der Waals surface area (Å²) in [6.07, 6.45) is 3.83. The summed E-state index contributed by atoms with van der Waals surface area (Å²) in [5, 5.41) is 16.2. The Bertz CT molecular complexity index is 525. The van der Waals surface area contributed by atoms with Gasteiger partial charge in [0.25, 0.3) is 0 Å². The van der Waals surface area contributed by atoms with Gasteiger partial charge in [0, 0.05) is 17.8 Å². The van der Waals surface area contributed by atoms with Crippen molar-refractivity contribution < 1.29 is 4.79 Å². The van der Waals surface area contributed by atoms with E-state index in [9.17, 15) is 10.1 Å². The zero-order valence-electron chi connectivity index (χ0n) is 10.1. The van der Waals surface area contributed by atoms with Crippen LogP contribution in [0.25, 0.3) is 0 Å². The molecule has 18 heavy (non-hydrogen) atoms. The lowest BCUT2D eigenvalue weighted by Crippen LogP contribution is -2.22. The number of rotatable bonds is 3. The van der Waals surface area contributed by atoms with Gasteiger partial charge in [-0.05, 0) is 37.3 Å². The van der Waals surface area contributed by atoms with Gasteiger partial charge in [-0.15, -0.1) is 11.3 Å². The first-order valence-corrected chi connectivity index (χ1v) is 7.14. The van der Waals surface area contributed by atoms with Crippen LogP contribution >= 0.6 is 11.3 Å². The Hall–Kier alpha value is -1.38. The molecule has 1 aromatic rings. The zero-order chi connectivity index (χ0) is 12.5. The highest BCUT2D eigenvalue weighted by atomic mass is 32.1. The van der Waals surface area contributed by atoms with Crippen molar-refractivity contribution in [1.29, 1.82) is 5.26 Å². The third-order valence-electron chi connectivity index (χ3n) is 3.46. The number of nitriles is 1. The van der Waals surface area contributed by atoms with Crippen LogP contribution in [0.1, 0.15) is 35.3 Å². The second kappa shape index (κ2) is 4.71. The summed E-state index contributed by atoms with van der Waals surface area (Å²) in [6.45, 7) is 1.72. The normalized spacial score (nSPS) is 17.9. The highest BCUT2D eigenvalue weighted by Crippen LogP contribution is 2.36. The van der Waals surface area contributed by atoms with Crippen molar-refractivity contribution in [1.82, 2.24) is 5.32 Å². The van der Waals surface area contributed by atoms with Crippen molar-refractivity contribution >= 4 is 22.2 Å². The molecule has 5 heteroatoms. The number of fused-ring (bicyclic) bond motifs is 1. The topological polar surface area (TPSA) is 64.9 Å². The van der Waals surface area contributed by atoms with E-state index < -0.39 is 0 Å². The molecular formula is C13H15N3OS. The molecule has 2 aliphatic rings. The molecule has 0 saturated heterocycles. The molecule has 0 aromatic carbocycles. The van der Waals surface area contributed by atoms with Crippen LogP contribution in [-0.2, 0) is 17.8 Å². The van der Waals surface area contributed by atoms with Gasteiger partial charge in [0.05, 0.1) is 5.56 Å². The Morgan fingerprint density at radius 2 is 2.39 bits per heavy atom. The summed E-state index contributed by atoms with van der Waals surface area (Å²) in [5.41, 5.74) is 1.81. The van der Waals surface area contributed by atoms with Crippen LogP contribution in [0.2, 0.25) is 0 Å². The number of thiophene rings is 1. The van der Waals surface area contributed by atoms with Crippen LogP contribution in [0.3, 0.4) is 0 Å². The molecule has 3 rings (SSSR count). The summed E-state index contributed by atoms with van der Waals surface area (Å²) in [5.74, 6) is 0.632. The second-order valence-corrected chi connectivity index (χ2v) is 6.05. The average Bonchev–Trinajstić information content (AvgIpc) is 3.09. The maximum absolute atomic E-state index is 11.8. The summed E-state index contributed by atoms with van der Waals surface area (Å²) >= 11 is 1.55. The number of amides is 1. The van der Waals surface area contributed by atoms with Crippen LogP contribution in [0.5, 0.6) is 0 Å². The number of carbonyl (C=O) groups excluding carboxylic acids is 1. The Labute approximate surface area is 110 Å². The SMILES string of the molecule is N#Cc1c(NC(=O)CC2CC2)sc2c1CCNC2. The Morgan fingerprint density at radius 3 is 3.11 bits per heavy atom. The van der Waals surface area contributed by atoms with E-state index in [1.807, 2.05) is 0 Å². The first-order valence-electron chi connectivity index (χ1n) is 6.33. The number of hydrogen-bond acceptors (Lipinski definition) is 4. The molecule has 2 heterocycles. The van der Waals surface area contributed by atoms with Gasteiger partial charge in [-0.25, -0.2) is 0 Å². The Balaban J connectivity index is 1.80. The quantitative estimate of drug-likeness (QED) is 0.874. The first kappa shape index (κ1) is 11.7. The summed E-state index contributed by atoms with van der Waals surface area (Å²) < 4.78 is 0. The Morgan fingerprint density at radius 1 is 1.56 bits per heavy atom. The van der Waals surface area contributed by atoms with Gasteiger partial charge in [0.1, 0.15) is 11.1 Å². The summed E-state index contributed by atoms with van der Waals surface area (Å²) in [4.78, 5) is 13.0. The molecular weight excluding hydrogens is 246 g/mol. The molecule has 1 aliphatic heterocycles. The van der Waals surface area contributed by atoms with Crippen molar-refractivity contribution in [2.75, 3.05) is 11.9 Å².